The predicted molar refractivity (Wildman–Crippen MR) is 71.8 cm³/mol. The van der Waals surface area contributed by atoms with Crippen LogP contribution in [-0.2, 0) is 14.3 Å². The van der Waals surface area contributed by atoms with Crippen LogP contribution < -0.4 is 4.90 Å². The van der Waals surface area contributed by atoms with Gasteiger partial charge in [-0.05, 0) is 25.5 Å². The van der Waals surface area contributed by atoms with Crippen molar-refractivity contribution in [2.75, 3.05) is 25.3 Å². The molecule has 0 aliphatic heterocycles. The Morgan fingerprint density at radius 3 is 2.67 bits per heavy atom. The number of hydrogen-bond acceptors (Lipinski definition) is 3. The Morgan fingerprint density at radius 2 is 2.11 bits per heavy atom. The highest BCUT2D eigenvalue weighted by Gasteiger charge is 2.24. The first-order valence-electron chi connectivity index (χ1n) is 5.73. The van der Waals surface area contributed by atoms with Crippen LogP contribution in [0.1, 0.15) is 12.5 Å². The molecular weight excluding hydrogens is 254 g/mol. The summed E-state index contributed by atoms with van der Waals surface area (Å²) >= 11 is 5.82. The van der Waals surface area contributed by atoms with Crippen LogP contribution >= 0.6 is 11.6 Å². The van der Waals surface area contributed by atoms with Gasteiger partial charge in [-0.25, -0.2) is 0 Å². The van der Waals surface area contributed by atoms with Gasteiger partial charge in [0.1, 0.15) is 6.73 Å². The molecule has 5 heteroatoms. The average molecular weight is 272 g/mol. The molecule has 18 heavy (non-hydrogen) atoms. The van der Waals surface area contributed by atoms with Crippen molar-refractivity contribution < 1.29 is 14.3 Å². The van der Waals surface area contributed by atoms with Crippen molar-refractivity contribution in [3.05, 3.63) is 29.8 Å². The van der Waals surface area contributed by atoms with E-state index < -0.39 is 5.56 Å². The van der Waals surface area contributed by atoms with Gasteiger partial charge in [-0.15, -0.1) is 0 Å². The molecule has 1 amide bonds. The molecule has 0 N–H and O–H groups in total. The number of aryl methyl sites for hydroxylation is 1. The number of anilines is 1. The highest BCUT2D eigenvalue weighted by molar-refractivity contribution is 6.31. The van der Waals surface area contributed by atoms with Gasteiger partial charge < -0.3 is 9.47 Å². The number of rotatable bonds is 6. The topological polar surface area (TPSA) is 38.8 Å². The molecule has 1 aromatic rings. The van der Waals surface area contributed by atoms with Gasteiger partial charge in [0.05, 0.1) is 0 Å². The minimum Gasteiger partial charge on any atom is -0.361 e. The Kier molecular flexibility index (Phi) is 6.12. The van der Waals surface area contributed by atoms with Crippen LogP contribution in [0.15, 0.2) is 24.3 Å². The summed E-state index contributed by atoms with van der Waals surface area (Å²) in [5.74, 6) is -0.332. The molecule has 4 nitrogen and oxygen atoms in total. The lowest BCUT2D eigenvalue weighted by molar-refractivity contribution is -0.125. The van der Waals surface area contributed by atoms with Crippen LogP contribution in [0.5, 0.6) is 0 Å². The maximum Gasteiger partial charge on any atom is 0.273 e. The number of carbonyl (C=O) groups is 1. The second-order valence-electron chi connectivity index (χ2n) is 3.73. The summed E-state index contributed by atoms with van der Waals surface area (Å²) in [6.07, 6.45) is 0. The zero-order valence-corrected chi connectivity index (χ0v) is 11.6. The van der Waals surface area contributed by atoms with E-state index in [1.54, 1.807) is 0 Å². The summed E-state index contributed by atoms with van der Waals surface area (Å²) in [5.41, 5.74) is 0.745. The maximum absolute atomic E-state index is 12.1. The lowest BCUT2D eigenvalue weighted by Gasteiger charge is -2.25. The summed E-state index contributed by atoms with van der Waals surface area (Å²) in [5, 5.41) is 0. The van der Waals surface area contributed by atoms with Crippen LogP contribution in [0.2, 0.25) is 0 Å². The third-order valence-corrected chi connectivity index (χ3v) is 2.86. The third-order valence-electron chi connectivity index (χ3n) is 2.50. The first-order valence-corrected chi connectivity index (χ1v) is 6.17. The van der Waals surface area contributed by atoms with E-state index >= 15 is 0 Å². The first kappa shape index (κ1) is 15.0. The first-order chi connectivity index (χ1) is 8.61. The molecule has 0 aliphatic carbocycles. The Bertz CT molecular complexity index is 398. The molecule has 0 fully saturated rings. The number of alkyl halides is 1. The van der Waals surface area contributed by atoms with Crippen molar-refractivity contribution in [2.45, 2.75) is 19.4 Å². The molecule has 0 bridgehead atoms. The summed E-state index contributed by atoms with van der Waals surface area (Å²) < 4.78 is 10.2. The largest absolute Gasteiger partial charge is 0.361 e. The second-order valence-corrected chi connectivity index (χ2v) is 4.12. The molecule has 1 unspecified atom stereocenters. The normalized spacial score (nSPS) is 12.2. The summed E-state index contributed by atoms with van der Waals surface area (Å²) in [4.78, 5) is 13.6. The smallest absolute Gasteiger partial charge is 0.273 e. The van der Waals surface area contributed by atoms with E-state index in [1.807, 2.05) is 38.1 Å². The standard InChI is InChI=1S/C13H18ClNO3/c1-4-18-9-15(13(16)12(14)17-3)11-8-6-5-7-10(11)2/h5-8,12H,4,9H2,1-3H3. The number of carbonyl (C=O) groups excluding carboxylic acids is 1. The van der Waals surface area contributed by atoms with Crippen LogP contribution in [0.3, 0.4) is 0 Å². The third kappa shape index (κ3) is 3.70. The van der Waals surface area contributed by atoms with Crippen molar-refractivity contribution in [2.24, 2.45) is 0 Å². The number of nitrogens with zero attached hydrogens (tertiary/aromatic N) is 1. The molecule has 100 valence electrons. The highest BCUT2D eigenvalue weighted by atomic mass is 35.5. The summed E-state index contributed by atoms with van der Waals surface area (Å²) in [6, 6.07) is 7.56. The molecule has 0 spiro atoms. The summed E-state index contributed by atoms with van der Waals surface area (Å²) in [6.45, 7) is 4.48. The number of methoxy groups -OCH3 is 1. The molecule has 0 aromatic heterocycles. The van der Waals surface area contributed by atoms with Gasteiger partial charge in [-0.2, -0.15) is 0 Å². The van der Waals surface area contributed by atoms with Crippen LogP contribution in [-0.4, -0.2) is 31.9 Å². The van der Waals surface area contributed by atoms with E-state index in [0.29, 0.717) is 6.61 Å². The van der Waals surface area contributed by atoms with E-state index in [2.05, 4.69) is 0 Å². The molecule has 1 atom stereocenters. The van der Waals surface area contributed by atoms with E-state index in [-0.39, 0.29) is 12.6 Å². The number of para-hydroxylation sites is 1. The van der Waals surface area contributed by atoms with Crippen molar-refractivity contribution >= 4 is 23.2 Å². The zero-order valence-electron chi connectivity index (χ0n) is 10.9. The van der Waals surface area contributed by atoms with Crippen LogP contribution in [0.4, 0.5) is 5.69 Å². The van der Waals surface area contributed by atoms with E-state index in [4.69, 9.17) is 21.1 Å². The fraction of sp³-hybridized carbons (Fsp3) is 0.462. The van der Waals surface area contributed by atoms with Crippen molar-refractivity contribution in [3.8, 4) is 0 Å². The van der Waals surface area contributed by atoms with Crippen molar-refractivity contribution in [1.29, 1.82) is 0 Å². The van der Waals surface area contributed by atoms with E-state index in [9.17, 15) is 4.79 Å². The molecule has 0 saturated carbocycles. The quantitative estimate of drug-likeness (QED) is 0.590. The molecule has 1 rings (SSSR count). The maximum atomic E-state index is 12.1. The SMILES string of the molecule is CCOCN(C(=O)C(Cl)OC)c1ccccc1C. The summed E-state index contributed by atoms with van der Waals surface area (Å²) in [7, 11) is 1.40. The van der Waals surface area contributed by atoms with Gasteiger partial charge >= 0.3 is 0 Å². The van der Waals surface area contributed by atoms with Gasteiger partial charge in [-0.1, -0.05) is 29.8 Å². The fourth-order valence-electron chi connectivity index (χ4n) is 1.52. The lowest BCUT2D eigenvalue weighted by atomic mass is 10.2. The molecule has 0 heterocycles. The molecule has 0 saturated heterocycles. The number of ether oxygens (including phenoxy) is 2. The van der Waals surface area contributed by atoms with Gasteiger partial charge in [0.2, 0.25) is 5.56 Å². The lowest BCUT2D eigenvalue weighted by Crippen LogP contribution is -2.39. The second kappa shape index (κ2) is 7.36. The number of amides is 1. The van der Waals surface area contributed by atoms with Gasteiger partial charge in [-0.3, -0.25) is 9.69 Å². The average Bonchev–Trinajstić information content (AvgIpc) is 2.39. The monoisotopic (exact) mass is 271 g/mol. The molecule has 1 aromatic carbocycles. The highest BCUT2D eigenvalue weighted by Crippen LogP contribution is 2.21. The van der Waals surface area contributed by atoms with E-state index in [0.717, 1.165) is 11.3 Å². The molecule has 0 aliphatic rings. The van der Waals surface area contributed by atoms with Gasteiger partial charge in [0, 0.05) is 19.4 Å². The Morgan fingerprint density at radius 1 is 1.44 bits per heavy atom. The van der Waals surface area contributed by atoms with Gasteiger partial charge in [0.15, 0.2) is 0 Å². The van der Waals surface area contributed by atoms with E-state index in [1.165, 1.54) is 12.0 Å². The molecule has 0 radical (unpaired) electrons. The van der Waals surface area contributed by atoms with Crippen molar-refractivity contribution in [1.82, 2.24) is 0 Å². The molecular formula is C13H18ClNO3. The van der Waals surface area contributed by atoms with Crippen LogP contribution in [0.25, 0.3) is 0 Å². The fourth-order valence-corrected chi connectivity index (χ4v) is 1.64. The van der Waals surface area contributed by atoms with Crippen LogP contribution in [0, 0.1) is 6.92 Å². The van der Waals surface area contributed by atoms with Gasteiger partial charge in [0.25, 0.3) is 5.91 Å². The Labute approximate surface area is 112 Å². The zero-order chi connectivity index (χ0) is 13.5. The Hall–Kier alpha value is -1.10. The minimum absolute atomic E-state index is 0.159. The number of halogens is 1. The predicted octanol–water partition coefficient (Wildman–Crippen LogP) is 2.53. The Balaban J connectivity index is 2.98. The number of benzene rings is 1. The van der Waals surface area contributed by atoms with Crippen molar-refractivity contribution in [3.63, 3.8) is 0 Å². The minimum atomic E-state index is -1.01. The number of hydrogen-bond donors (Lipinski definition) is 0.